The fourth-order valence-electron chi connectivity index (χ4n) is 8.66. The summed E-state index contributed by atoms with van der Waals surface area (Å²) in [5.41, 5.74) is 13.6. The molecule has 4 aromatic rings. The van der Waals surface area contributed by atoms with Crippen LogP contribution in [0.1, 0.15) is 100 Å². The molecule has 6 rings (SSSR count). The smallest absolute Gasteiger partial charge is 0.412 e. The van der Waals surface area contributed by atoms with Crippen molar-refractivity contribution in [3.63, 3.8) is 0 Å². The van der Waals surface area contributed by atoms with Crippen molar-refractivity contribution in [3.05, 3.63) is 119 Å². The molecule has 2 amide bonds. The van der Waals surface area contributed by atoms with Gasteiger partial charge < -0.3 is 49.7 Å². The molecular formula is C56H78N10O8. The van der Waals surface area contributed by atoms with Gasteiger partial charge in [0.1, 0.15) is 46.3 Å². The topological polar surface area (TPSA) is 267 Å². The molecule has 0 aliphatic carbocycles. The molecule has 2 fully saturated rings. The second-order valence-electron chi connectivity index (χ2n) is 18.3. The summed E-state index contributed by atoms with van der Waals surface area (Å²) in [6.07, 6.45) is 9.99. The highest BCUT2D eigenvalue weighted by Crippen LogP contribution is 2.25. The average Bonchev–Trinajstić information content (AvgIpc) is 3.40. The Hall–Kier alpha value is -7.18. The molecule has 18 heteroatoms. The highest BCUT2D eigenvalue weighted by molar-refractivity contribution is 6.05. The number of rotatable bonds is 26. The Labute approximate surface area is 436 Å². The highest BCUT2D eigenvalue weighted by Gasteiger charge is 2.20. The van der Waals surface area contributed by atoms with Crippen LogP contribution in [0.4, 0.5) is 9.59 Å². The molecule has 18 nitrogen and oxygen atoms in total. The molecule has 74 heavy (non-hydrogen) atoms. The lowest BCUT2D eigenvalue weighted by atomic mass is 9.92. The molecule has 2 aliphatic rings. The van der Waals surface area contributed by atoms with E-state index in [0.29, 0.717) is 36.9 Å². The number of nitrogens with one attached hydrogen (secondary N) is 6. The normalized spacial score (nSPS) is 14.1. The molecule has 2 heterocycles. The first kappa shape index (κ1) is 57.7. The number of likely N-dealkylation sites (tertiary alicyclic amines) is 2. The summed E-state index contributed by atoms with van der Waals surface area (Å²) in [6.45, 7) is 13.2. The van der Waals surface area contributed by atoms with Crippen LogP contribution < -0.4 is 41.0 Å². The number of carbonyl (C=O) groups is 2. The average molecular weight is 1020 g/mol. The van der Waals surface area contributed by atoms with Crippen LogP contribution in [0.15, 0.2) is 97.1 Å². The molecule has 10 N–H and O–H groups in total. The molecule has 0 bridgehead atoms. The number of hydrogen-bond donors (Lipinski definition) is 8. The Morgan fingerprint density at radius 1 is 0.473 bits per heavy atom. The van der Waals surface area contributed by atoms with Crippen molar-refractivity contribution >= 4 is 35.5 Å². The maximum atomic E-state index is 11.5. The van der Waals surface area contributed by atoms with Crippen molar-refractivity contribution in [2.24, 2.45) is 23.3 Å². The number of nitrogens with two attached hydrogens (primary N) is 2. The summed E-state index contributed by atoms with van der Waals surface area (Å²) in [7, 11) is 0. The number of carbonyl (C=O) groups excluding carboxylic acids is 2. The van der Waals surface area contributed by atoms with Gasteiger partial charge >= 0.3 is 12.2 Å². The van der Waals surface area contributed by atoms with Crippen LogP contribution in [0.3, 0.4) is 0 Å². The van der Waals surface area contributed by atoms with E-state index in [2.05, 4.69) is 20.4 Å². The third-order valence-electron chi connectivity index (χ3n) is 12.9. The summed E-state index contributed by atoms with van der Waals surface area (Å²) in [4.78, 5) is 28.0. The molecule has 0 aromatic heterocycles. The van der Waals surface area contributed by atoms with Crippen LogP contribution in [0.5, 0.6) is 23.0 Å². The first-order valence-corrected chi connectivity index (χ1v) is 26.0. The second kappa shape index (κ2) is 32.1. The number of nitrogens with zero attached hydrogens (tertiary/aromatic N) is 2. The highest BCUT2D eigenvalue weighted by atomic mass is 16.6. The van der Waals surface area contributed by atoms with E-state index in [-0.39, 0.29) is 36.6 Å². The number of nitrogen functional groups attached to an aromatic ring is 2. The van der Waals surface area contributed by atoms with Gasteiger partial charge in [-0.15, -0.1) is 0 Å². The van der Waals surface area contributed by atoms with Crippen molar-refractivity contribution in [1.29, 1.82) is 21.6 Å². The molecule has 400 valence electrons. The number of hydrogen-bond acceptors (Lipinski definition) is 14. The quantitative estimate of drug-likeness (QED) is 0.0167. The largest absolute Gasteiger partial charge is 0.494 e. The van der Waals surface area contributed by atoms with Crippen molar-refractivity contribution in [1.82, 2.24) is 20.4 Å². The Bertz CT molecular complexity index is 2170. The van der Waals surface area contributed by atoms with Gasteiger partial charge in [-0.05, 0) is 213 Å². The predicted octanol–water partition coefficient (Wildman–Crippen LogP) is 8.76. The maximum absolute atomic E-state index is 11.5. The Morgan fingerprint density at radius 2 is 0.757 bits per heavy atom. The number of piperidine rings is 2. The Balaban J connectivity index is 0.000000284. The summed E-state index contributed by atoms with van der Waals surface area (Å²) in [6, 6.07) is 29.0. The molecule has 0 radical (unpaired) electrons. The van der Waals surface area contributed by atoms with E-state index < -0.39 is 12.2 Å². The molecule has 0 saturated carbocycles. The molecule has 0 unspecified atom stereocenters. The van der Waals surface area contributed by atoms with Crippen LogP contribution in [-0.2, 0) is 9.47 Å². The summed E-state index contributed by atoms with van der Waals surface area (Å²) in [5, 5.41) is 35.5. The van der Waals surface area contributed by atoms with E-state index in [9.17, 15) is 9.59 Å². The summed E-state index contributed by atoms with van der Waals surface area (Å²) >= 11 is 0. The zero-order valence-electron chi connectivity index (χ0n) is 43.3. The number of amidine groups is 4. The van der Waals surface area contributed by atoms with Crippen LogP contribution >= 0.6 is 0 Å². The Morgan fingerprint density at radius 3 is 1.04 bits per heavy atom. The van der Waals surface area contributed by atoms with Crippen LogP contribution in [0, 0.1) is 33.5 Å². The maximum Gasteiger partial charge on any atom is 0.412 e. The van der Waals surface area contributed by atoms with Gasteiger partial charge in [0.2, 0.25) is 0 Å². The minimum Gasteiger partial charge on any atom is -0.494 e. The number of amides is 2. The second-order valence-corrected chi connectivity index (χ2v) is 18.3. The van der Waals surface area contributed by atoms with Crippen LogP contribution in [0.2, 0.25) is 0 Å². The fourth-order valence-corrected chi connectivity index (χ4v) is 8.66. The molecule has 2 aliphatic heterocycles. The third-order valence-corrected chi connectivity index (χ3v) is 12.9. The van der Waals surface area contributed by atoms with Gasteiger partial charge in [-0.1, -0.05) is 0 Å². The third kappa shape index (κ3) is 21.5. The van der Waals surface area contributed by atoms with E-state index in [1.54, 1.807) is 50.2 Å². The number of alkyl carbamates (subject to hydrolysis) is 2. The van der Waals surface area contributed by atoms with E-state index in [1.165, 1.54) is 32.1 Å². The molecule has 4 aromatic carbocycles. The molecule has 2 saturated heterocycles. The molecule has 0 atom stereocenters. The van der Waals surface area contributed by atoms with Crippen molar-refractivity contribution in [3.8, 4) is 23.0 Å². The minimum atomic E-state index is -0.633. The van der Waals surface area contributed by atoms with Gasteiger partial charge in [-0.2, -0.15) is 0 Å². The standard InChI is InChI=1S/C31H43N5O6.C25H35N5O2/c1-3-39-30(37)34-28(32)24-8-12-26(13-9-24)41-21-5-7-23-16-19-36(20-17-23)18-6-22-42-27-14-10-25(11-15-27)29(33)35-31(38)40-4-2;26-24(27)20-4-8-22(9-5-20)31-17-1-3-19-12-15-30(16-13-19)14-2-18-32-23-10-6-21(7-11-23)25(28)29/h8-15,23H,3-7,16-22H2,1-2H3,(H2,32,34,37)(H2,33,35,38);4-11,19H,1-3,12-18H2,(H3,26,27)(H3,28,29). The fraction of sp³-hybridized carbons (Fsp3) is 0.464. The minimum absolute atomic E-state index is 0.00485. The monoisotopic (exact) mass is 1020 g/mol. The predicted molar refractivity (Wildman–Crippen MR) is 290 cm³/mol. The van der Waals surface area contributed by atoms with Crippen molar-refractivity contribution in [2.45, 2.75) is 78.1 Å². The van der Waals surface area contributed by atoms with E-state index in [4.69, 9.17) is 61.5 Å². The van der Waals surface area contributed by atoms with Gasteiger partial charge in [0.15, 0.2) is 0 Å². The van der Waals surface area contributed by atoms with Crippen molar-refractivity contribution in [2.75, 3.05) is 78.9 Å². The summed E-state index contributed by atoms with van der Waals surface area (Å²) in [5.74, 6) is 4.79. The lowest BCUT2D eigenvalue weighted by molar-refractivity contribution is 0.156. The zero-order valence-corrected chi connectivity index (χ0v) is 43.3. The zero-order chi connectivity index (χ0) is 52.9. The molecule has 0 spiro atoms. The number of benzene rings is 4. The van der Waals surface area contributed by atoms with E-state index in [0.717, 1.165) is 118 Å². The lowest BCUT2D eigenvalue weighted by Gasteiger charge is -2.32. The first-order valence-electron chi connectivity index (χ1n) is 26.0. The summed E-state index contributed by atoms with van der Waals surface area (Å²) < 4.78 is 33.0. The Kier molecular flexibility index (Phi) is 25.0. The van der Waals surface area contributed by atoms with E-state index >= 15 is 0 Å². The van der Waals surface area contributed by atoms with Gasteiger partial charge in [0.05, 0.1) is 39.6 Å². The number of ether oxygens (including phenoxy) is 6. The van der Waals surface area contributed by atoms with Crippen LogP contribution in [0.25, 0.3) is 0 Å². The van der Waals surface area contributed by atoms with E-state index in [1.807, 2.05) is 60.7 Å². The van der Waals surface area contributed by atoms with Gasteiger partial charge in [-0.3, -0.25) is 32.3 Å². The first-order chi connectivity index (χ1) is 35.9. The lowest BCUT2D eigenvalue weighted by Crippen LogP contribution is -2.35. The van der Waals surface area contributed by atoms with Gasteiger partial charge in [-0.25, -0.2) is 9.59 Å². The van der Waals surface area contributed by atoms with Gasteiger partial charge in [0.25, 0.3) is 0 Å². The molecular weight excluding hydrogens is 941 g/mol. The van der Waals surface area contributed by atoms with Crippen molar-refractivity contribution < 1.29 is 38.0 Å². The SMILES string of the molecule is CCOC(=O)NC(=N)c1ccc(OCCCC2CCN(CCCOc3ccc(C(=N)NC(=O)OCC)cc3)CC2)cc1.N=C(N)c1ccc(OCCCC2CCN(CCCOc3ccc(C(=N)N)cc3)CC2)cc1. The van der Waals surface area contributed by atoms with Gasteiger partial charge in [0, 0.05) is 35.3 Å². The van der Waals surface area contributed by atoms with Crippen LogP contribution in [-0.4, -0.2) is 124 Å².